The number of unbranched alkanes of at least 4 members (excludes halogenated alkanes) is 1. The van der Waals surface area contributed by atoms with E-state index < -0.39 is 0 Å². The molecule has 2 aliphatic rings. The van der Waals surface area contributed by atoms with Crippen LogP contribution < -0.4 is 16.0 Å². The Labute approximate surface area is 251 Å². The summed E-state index contributed by atoms with van der Waals surface area (Å²) >= 11 is 0. The molecule has 0 spiro atoms. The molecule has 0 aromatic heterocycles. The van der Waals surface area contributed by atoms with E-state index in [0.717, 1.165) is 91.5 Å². The molecule has 0 radical (unpaired) electrons. The molecule has 6 nitrogen and oxygen atoms in total. The van der Waals surface area contributed by atoms with Crippen molar-refractivity contribution in [2.24, 2.45) is 11.7 Å². The molecule has 42 heavy (non-hydrogen) atoms. The van der Waals surface area contributed by atoms with E-state index >= 15 is 0 Å². The molecule has 3 N–H and O–H groups in total. The van der Waals surface area contributed by atoms with E-state index in [4.69, 9.17) is 5.73 Å². The zero-order valence-electron chi connectivity index (χ0n) is 25.2. The topological polar surface area (TPSA) is 78.7 Å². The van der Waals surface area contributed by atoms with E-state index in [1.807, 2.05) is 30.3 Å². The number of benzene rings is 3. The minimum Gasteiger partial charge on any atom is -0.373 e. The highest BCUT2D eigenvalue weighted by atomic mass is 16.2. The largest absolute Gasteiger partial charge is 0.373 e. The first-order valence-corrected chi connectivity index (χ1v) is 15.8. The lowest BCUT2D eigenvalue weighted by atomic mass is 9.90. The Morgan fingerprint density at radius 1 is 0.857 bits per heavy atom. The van der Waals surface area contributed by atoms with Crippen molar-refractivity contribution in [3.63, 3.8) is 0 Å². The molecule has 3 aromatic rings. The fourth-order valence-corrected chi connectivity index (χ4v) is 6.05. The van der Waals surface area contributed by atoms with Gasteiger partial charge in [-0.05, 0) is 85.4 Å². The third kappa shape index (κ3) is 7.80. The Hall–Kier alpha value is -3.64. The van der Waals surface area contributed by atoms with Crippen LogP contribution in [-0.2, 0) is 22.6 Å². The summed E-state index contributed by atoms with van der Waals surface area (Å²) < 4.78 is 0. The SMILES string of the molecule is CCCCN(C)c1ccc(-c2cccc(CN(C(=O)C3CC3)C3CCC(N)CC3)c2)cc1NC(=O)Cc1ccccc1. The number of nitrogens with one attached hydrogen (secondary N) is 1. The van der Waals surface area contributed by atoms with E-state index in [0.29, 0.717) is 18.9 Å². The Morgan fingerprint density at radius 2 is 1.57 bits per heavy atom. The maximum absolute atomic E-state index is 13.4. The summed E-state index contributed by atoms with van der Waals surface area (Å²) in [5, 5.41) is 3.21. The number of hydrogen-bond acceptors (Lipinski definition) is 4. The third-order valence-corrected chi connectivity index (χ3v) is 8.74. The van der Waals surface area contributed by atoms with Gasteiger partial charge in [0, 0.05) is 38.1 Å². The van der Waals surface area contributed by atoms with Gasteiger partial charge in [-0.1, -0.05) is 67.9 Å². The van der Waals surface area contributed by atoms with Crippen LogP contribution in [0.5, 0.6) is 0 Å². The van der Waals surface area contributed by atoms with Gasteiger partial charge in [-0.3, -0.25) is 9.59 Å². The fourth-order valence-electron chi connectivity index (χ4n) is 6.05. The van der Waals surface area contributed by atoms with Crippen LogP contribution in [0.25, 0.3) is 11.1 Å². The highest BCUT2D eigenvalue weighted by Gasteiger charge is 2.37. The number of carbonyl (C=O) groups is 2. The molecular formula is C36H46N4O2. The van der Waals surface area contributed by atoms with Crippen LogP contribution in [0.15, 0.2) is 72.8 Å². The van der Waals surface area contributed by atoms with Crippen molar-refractivity contribution >= 4 is 23.2 Å². The molecule has 2 fully saturated rings. The second-order valence-electron chi connectivity index (χ2n) is 12.2. The summed E-state index contributed by atoms with van der Waals surface area (Å²) in [7, 11) is 2.09. The second-order valence-corrected chi connectivity index (χ2v) is 12.2. The van der Waals surface area contributed by atoms with Crippen LogP contribution in [0.1, 0.15) is 69.4 Å². The van der Waals surface area contributed by atoms with E-state index in [2.05, 4.69) is 71.6 Å². The molecule has 0 aliphatic heterocycles. The maximum atomic E-state index is 13.4. The molecular weight excluding hydrogens is 520 g/mol. The van der Waals surface area contributed by atoms with Gasteiger partial charge in [0.25, 0.3) is 0 Å². The van der Waals surface area contributed by atoms with Crippen LogP contribution in [0.4, 0.5) is 11.4 Å². The van der Waals surface area contributed by atoms with Crippen molar-refractivity contribution in [3.8, 4) is 11.1 Å². The Morgan fingerprint density at radius 3 is 2.29 bits per heavy atom. The van der Waals surface area contributed by atoms with Gasteiger partial charge < -0.3 is 20.9 Å². The molecule has 0 atom stereocenters. The van der Waals surface area contributed by atoms with Crippen LogP contribution in [0, 0.1) is 5.92 Å². The van der Waals surface area contributed by atoms with Gasteiger partial charge in [0.1, 0.15) is 0 Å². The average molecular weight is 567 g/mol. The Balaban J connectivity index is 1.38. The molecule has 0 bridgehead atoms. The first kappa shape index (κ1) is 29.8. The number of rotatable bonds is 12. The van der Waals surface area contributed by atoms with Crippen molar-refractivity contribution in [2.45, 2.75) is 83.3 Å². The highest BCUT2D eigenvalue weighted by molar-refractivity contribution is 5.96. The van der Waals surface area contributed by atoms with Gasteiger partial charge in [0.2, 0.25) is 11.8 Å². The first-order chi connectivity index (χ1) is 20.4. The summed E-state index contributed by atoms with van der Waals surface area (Å²) in [5.74, 6) is 0.477. The minimum atomic E-state index is -0.0290. The van der Waals surface area contributed by atoms with E-state index in [9.17, 15) is 9.59 Å². The molecule has 2 saturated carbocycles. The van der Waals surface area contributed by atoms with Crippen molar-refractivity contribution in [2.75, 3.05) is 23.8 Å². The van der Waals surface area contributed by atoms with Crippen molar-refractivity contribution in [3.05, 3.63) is 83.9 Å². The van der Waals surface area contributed by atoms with Gasteiger partial charge in [-0.2, -0.15) is 0 Å². The van der Waals surface area contributed by atoms with Crippen LogP contribution in [-0.4, -0.2) is 42.4 Å². The zero-order valence-corrected chi connectivity index (χ0v) is 25.2. The normalized spacial score (nSPS) is 18.4. The lowest BCUT2D eigenvalue weighted by molar-refractivity contribution is -0.136. The van der Waals surface area contributed by atoms with E-state index in [1.165, 1.54) is 0 Å². The second kappa shape index (κ2) is 14.0. The number of amides is 2. The molecule has 2 amide bonds. The summed E-state index contributed by atoms with van der Waals surface area (Å²) in [6.45, 7) is 3.74. The van der Waals surface area contributed by atoms with Crippen molar-refractivity contribution < 1.29 is 9.59 Å². The first-order valence-electron chi connectivity index (χ1n) is 15.8. The van der Waals surface area contributed by atoms with Crippen LogP contribution in [0.3, 0.4) is 0 Å². The fraction of sp³-hybridized carbons (Fsp3) is 0.444. The monoisotopic (exact) mass is 566 g/mol. The summed E-state index contributed by atoms with van der Waals surface area (Å²) in [4.78, 5) is 30.8. The van der Waals surface area contributed by atoms with Gasteiger partial charge >= 0.3 is 0 Å². The average Bonchev–Trinajstić information content (AvgIpc) is 3.85. The molecule has 0 unspecified atom stereocenters. The highest BCUT2D eigenvalue weighted by Crippen LogP contribution is 2.36. The Bertz CT molecular complexity index is 1350. The summed E-state index contributed by atoms with van der Waals surface area (Å²) in [6, 6.07) is 25.2. The number of nitrogens with zero attached hydrogens (tertiary/aromatic N) is 2. The Kier molecular flexibility index (Phi) is 9.96. The number of carbonyl (C=O) groups excluding carboxylic acids is 2. The molecule has 6 heteroatoms. The lowest BCUT2D eigenvalue weighted by Gasteiger charge is -2.36. The van der Waals surface area contributed by atoms with Gasteiger partial charge in [-0.25, -0.2) is 0 Å². The third-order valence-electron chi connectivity index (χ3n) is 8.74. The molecule has 0 saturated heterocycles. The van der Waals surface area contributed by atoms with Crippen molar-refractivity contribution in [1.29, 1.82) is 0 Å². The molecule has 0 heterocycles. The maximum Gasteiger partial charge on any atom is 0.228 e. The number of anilines is 2. The predicted molar refractivity (Wildman–Crippen MR) is 172 cm³/mol. The predicted octanol–water partition coefficient (Wildman–Crippen LogP) is 6.78. The van der Waals surface area contributed by atoms with Gasteiger partial charge in [0.15, 0.2) is 0 Å². The number of nitrogens with two attached hydrogens (primary N) is 1. The van der Waals surface area contributed by atoms with Gasteiger partial charge in [-0.15, -0.1) is 0 Å². The lowest BCUT2D eigenvalue weighted by Crippen LogP contribution is -2.44. The van der Waals surface area contributed by atoms with Crippen LogP contribution >= 0.6 is 0 Å². The smallest absolute Gasteiger partial charge is 0.228 e. The summed E-state index contributed by atoms with van der Waals surface area (Å²) in [6.07, 6.45) is 8.48. The summed E-state index contributed by atoms with van der Waals surface area (Å²) in [5.41, 5.74) is 12.3. The van der Waals surface area contributed by atoms with Gasteiger partial charge in [0.05, 0.1) is 17.8 Å². The zero-order chi connectivity index (χ0) is 29.5. The number of hydrogen-bond donors (Lipinski definition) is 2. The minimum absolute atomic E-state index is 0.0290. The van der Waals surface area contributed by atoms with E-state index in [1.54, 1.807) is 0 Å². The quantitative estimate of drug-likeness (QED) is 0.253. The standard InChI is InChI=1S/C36H46N4O2/c1-3-4-21-39(2)34-20-15-30(24-33(34)38-35(41)23-26-9-6-5-7-10-26)29-12-8-11-27(22-29)25-40(36(42)28-13-14-28)32-18-16-31(37)17-19-32/h5-12,15,20,22,24,28,31-32H,3-4,13-14,16-19,21,23,25,37H2,1-2H3,(H,38,41). The van der Waals surface area contributed by atoms with Crippen LogP contribution in [0.2, 0.25) is 0 Å². The molecule has 2 aliphatic carbocycles. The van der Waals surface area contributed by atoms with E-state index in [-0.39, 0.29) is 23.9 Å². The molecule has 222 valence electrons. The van der Waals surface area contributed by atoms with Crippen molar-refractivity contribution in [1.82, 2.24) is 4.90 Å². The molecule has 3 aromatic carbocycles. The molecule has 5 rings (SSSR count).